The van der Waals surface area contributed by atoms with Crippen molar-refractivity contribution in [1.82, 2.24) is 14.5 Å². The molecule has 0 aliphatic rings. The van der Waals surface area contributed by atoms with Gasteiger partial charge in [-0.2, -0.15) is 0 Å². The number of rotatable bonds is 11. The zero-order chi connectivity index (χ0) is 20.9. The highest BCUT2D eigenvalue weighted by Gasteiger charge is 2.25. The average Bonchev–Trinajstić information content (AvgIpc) is 3.05. The number of imidazole rings is 1. The lowest BCUT2D eigenvalue weighted by molar-refractivity contribution is -0.0314. The summed E-state index contributed by atoms with van der Waals surface area (Å²) in [6.45, 7) is 8.71. The normalized spacial score (nSPS) is 12.3. The highest BCUT2D eigenvalue weighted by molar-refractivity contribution is 9.09. The lowest BCUT2D eigenvalue weighted by Crippen LogP contribution is -2.32. The summed E-state index contributed by atoms with van der Waals surface area (Å²) in [6.07, 6.45) is 3.40. The number of fused-ring (bicyclic) bond motifs is 3. The van der Waals surface area contributed by atoms with Gasteiger partial charge in [0.05, 0.1) is 23.2 Å². The van der Waals surface area contributed by atoms with E-state index in [9.17, 15) is 0 Å². The SMILES string of the molecule is CCOCc1nc2c(N)nc3ccccc3c2n1CC(C)(C)OCCCCCBr. The van der Waals surface area contributed by atoms with Gasteiger partial charge in [-0.25, -0.2) is 9.97 Å². The number of nitrogens with two attached hydrogens (primary N) is 1. The molecule has 0 atom stereocenters. The summed E-state index contributed by atoms with van der Waals surface area (Å²) in [5.74, 6) is 1.30. The number of aromatic nitrogens is 3. The van der Waals surface area contributed by atoms with Crippen LogP contribution in [0.3, 0.4) is 0 Å². The van der Waals surface area contributed by atoms with Crippen LogP contribution in [0.5, 0.6) is 0 Å². The Kier molecular flexibility index (Phi) is 7.49. The number of hydrogen-bond donors (Lipinski definition) is 1. The zero-order valence-electron chi connectivity index (χ0n) is 17.6. The molecule has 0 saturated carbocycles. The number of nitrogen functional groups attached to an aromatic ring is 1. The quantitative estimate of drug-likeness (QED) is 0.318. The number of pyridine rings is 1. The number of benzene rings is 1. The second-order valence-electron chi connectivity index (χ2n) is 7.82. The van der Waals surface area contributed by atoms with Gasteiger partial charge >= 0.3 is 0 Å². The molecule has 1 aromatic carbocycles. The van der Waals surface area contributed by atoms with E-state index in [1.54, 1.807) is 0 Å². The minimum Gasteiger partial charge on any atom is -0.382 e. The Morgan fingerprint density at radius 1 is 1.14 bits per heavy atom. The number of unbranched alkanes of at least 4 members (excludes halogenated alkanes) is 2. The van der Waals surface area contributed by atoms with E-state index in [1.807, 2.05) is 25.1 Å². The smallest absolute Gasteiger partial charge is 0.152 e. The molecule has 0 aliphatic heterocycles. The first kappa shape index (κ1) is 22.0. The van der Waals surface area contributed by atoms with Crippen LogP contribution in [-0.4, -0.2) is 38.7 Å². The third kappa shape index (κ3) is 5.27. The van der Waals surface area contributed by atoms with Gasteiger partial charge in [-0.15, -0.1) is 0 Å². The van der Waals surface area contributed by atoms with E-state index in [1.165, 1.54) is 6.42 Å². The largest absolute Gasteiger partial charge is 0.382 e. The summed E-state index contributed by atoms with van der Waals surface area (Å²) in [4.78, 5) is 9.33. The summed E-state index contributed by atoms with van der Waals surface area (Å²) in [5.41, 5.74) is 8.51. The summed E-state index contributed by atoms with van der Waals surface area (Å²) in [5, 5.41) is 2.08. The number of alkyl halides is 1. The molecule has 3 aromatic rings. The van der Waals surface area contributed by atoms with Crippen LogP contribution in [0.4, 0.5) is 5.82 Å². The first-order valence-corrected chi connectivity index (χ1v) is 11.4. The van der Waals surface area contributed by atoms with E-state index in [-0.39, 0.29) is 5.60 Å². The lowest BCUT2D eigenvalue weighted by Gasteiger charge is -2.27. The number of hydrogen-bond acceptors (Lipinski definition) is 5. The Bertz CT molecular complexity index is 955. The molecule has 0 aliphatic carbocycles. The molecule has 3 rings (SSSR count). The molecule has 0 fully saturated rings. The summed E-state index contributed by atoms with van der Waals surface area (Å²) >= 11 is 3.48. The van der Waals surface area contributed by atoms with Gasteiger partial charge < -0.3 is 19.8 Å². The topological polar surface area (TPSA) is 75.2 Å². The lowest BCUT2D eigenvalue weighted by atomic mass is 10.1. The van der Waals surface area contributed by atoms with Crippen LogP contribution in [-0.2, 0) is 22.6 Å². The van der Waals surface area contributed by atoms with Gasteiger partial charge in [0.15, 0.2) is 5.82 Å². The molecule has 0 spiro atoms. The molecule has 0 bridgehead atoms. The Morgan fingerprint density at radius 2 is 1.93 bits per heavy atom. The number of anilines is 1. The van der Waals surface area contributed by atoms with Gasteiger partial charge in [0, 0.05) is 23.9 Å². The van der Waals surface area contributed by atoms with Crippen molar-refractivity contribution < 1.29 is 9.47 Å². The second kappa shape index (κ2) is 9.87. The Labute approximate surface area is 180 Å². The van der Waals surface area contributed by atoms with Crippen LogP contribution in [0, 0.1) is 0 Å². The van der Waals surface area contributed by atoms with E-state index in [2.05, 4.69) is 45.4 Å². The molecule has 6 nitrogen and oxygen atoms in total. The molecule has 29 heavy (non-hydrogen) atoms. The van der Waals surface area contributed by atoms with Gasteiger partial charge in [-0.05, 0) is 39.7 Å². The van der Waals surface area contributed by atoms with Crippen LogP contribution in [0.25, 0.3) is 21.9 Å². The summed E-state index contributed by atoms with van der Waals surface area (Å²) < 4.78 is 14.1. The van der Waals surface area contributed by atoms with Crippen LogP contribution < -0.4 is 5.73 Å². The van der Waals surface area contributed by atoms with Crippen LogP contribution in [0.15, 0.2) is 24.3 Å². The van der Waals surface area contributed by atoms with E-state index >= 15 is 0 Å². The van der Waals surface area contributed by atoms with Crippen molar-refractivity contribution in [1.29, 1.82) is 0 Å². The van der Waals surface area contributed by atoms with Crippen molar-refractivity contribution in [3.63, 3.8) is 0 Å². The molecular formula is C22H31BrN4O2. The van der Waals surface area contributed by atoms with Crippen molar-refractivity contribution in [3.05, 3.63) is 30.1 Å². The fourth-order valence-corrected chi connectivity index (χ4v) is 3.92. The standard InChI is InChI=1S/C22H31BrN4O2/c1-4-28-14-18-26-19-20(16-10-6-7-11-17(16)25-21(19)24)27(18)15-22(2,3)29-13-9-5-8-12-23/h6-7,10-11H,4-5,8-9,12-15H2,1-3H3,(H2,24,25). The van der Waals surface area contributed by atoms with Gasteiger partial charge in [0.2, 0.25) is 0 Å². The molecular weight excluding hydrogens is 432 g/mol. The molecule has 2 aromatic heterocycles. The van der Waals surface area contributed by atoms with Gasteiger partial charge in [0.1, 0.15) is 17.9 Å². The van der Waals surface area contributed by atoms with Crippen molar-refractivity contribution in [3.8, 4) is 0 Å². The Balaban J connectivity index is 1.97. The first-order chi connectivity index (χ1) is 14.0. The van der Waals surface area contributed by atoms with E-state index in [0.717, 1.165) is 52.5 Å². The minimum atomic E-state index is -0.345. The third-order valence-corrected chi connectivity index (χ3v) is 5.50. The number of ether oxygens (including phenoxy) is 2. The maximum atomic E-state index is 6.26. The number of halogens is 1. The molecule has 2 N–H and O–H groups in total. The molecule has 0 radical (unpaired) electrons. The predicted octanol–water partition coefficient (Wildman–Crippen LogP) is 5.06. The summed E-state index contributed by atoms with van der Waals surface area (Å²) in [6, 6.07) is 8.05. The van der Waals surface area contributed by atoms with Crippen LogP contribution in [0.2, 0.25) is 0 Å². The molecule has 0 amide bonds. The van der Waals surface area contributed by atoms with Gasteiger partial charge in [-0.1, -0.05) is 40.5 Å². The Morgan fingerprint density at radius 3 is 2.69 bits per heavy atom. The third-order valence-electron chi connectivity index (χ3n) is 4.93. The van der Waals surface area contributed by atoms with Crippen molar-refractivity contribution in [2.24, 2.45) is 0 Å². The van der Waals surface area contributed by atoms with Crippen LogP contribution in [0.1, 0.15) is 45.9 Å². The first-order valence-electron chi connectivity index (χ1n) is 10.3. The van der Waals surface area contributed by atoms with E-state index < -0.39 is 0 Å². The average molecular weight is 463 g/mol. The number of nitrogens with zero attached hydrogens (tertiary/aromatic N) is 3. The molecule has 7 heteroatoms. The fraction of sp³-hybridized carbons (Fsp3) is 0.545. The molecule has 158 valence electrons. The van der Waals surface area contributed by atoms with Gasteiger partial charge in [-0.3, -0.25) is 0 Å². The maximum Gasteiger partial charge on any atom is 0.152 e. The predicted molar refractivity (Wildman–Crippen MR) is 122 cm³/mol. The number of para-hydroxylation sites is 1. The Hall–Kier alpha value is -1.70. The highest BCUT2D eigenvalue weighted by Crippen LogP contribution is 2.30. The molecule has 0 unspecified atom stereocenters. The molecule has 2 heterocycles. The van der Waals surface area contributed by atoms with Crippen molar-refractivity contribution in [2.75, 3.05) is 24.3 Å². The van der Waals surface area contributed by atoms with E-state index in [0.29, 0.717) is 25.6 Å². The molecule has 0 saturated heterocycles. The zero-order valence-corrected chi connectivity index (χ0v) is 19.2. The second-order valence-corrected chi connectivity index (χ2v) is 8.61. The van der Waals surface area contributed by atoms with E-state index in [4.69, 9.17) is 20.2 Å². The van der Waals surface area contributed by atoms with Crippen LogP contribution >= 0.6 is 15.9 Å². The fourth-order valence-electron chi connectivity index (χ4n) is 3.53. The van der Waals surface area contributed by atoms with Crippen molar-refractivity contribution >= 4 is 43.7 Å². The summed E-state index contributed by atoms with van der Waals surface area (Å²) in [7, 11) is 0. The minimum absolute atomic E-state index is 0.345. The monoisotopic (exact) mass is 462 g/mol. The van der Waals surface area contributed by atoms with Gasteiger partial charge in [0.25, 0.3) is 0 Å². The maximum absolute atomic E-state index is 6.26. The van der Waals surface area contributed by atoms with Crippen molar-refractivity contribution in [2.45, 2.75) is 58.8 Å². The highest BCUT2D eigenvalue weighted by atomic mass is 79.9.